The summed E-state index contributed by atoms with van der Waals surface area (Å²) < 4.78 is 11.2. The maximum atomic E-state index is 12.5. The summed E-state index contributed by atoms with van der Waals surface area (Å²) in [5, 5.41) is 0.547. The molecule has 9 heteroatoms. The van der Waals surface area contributed by atoms with Crippen molar-refractivity contribution >= 4 is 29.0 Å². The van der Waals surface area contributed by atoms with E-state index in [9.17, 15) is 4.79 Å². The summed E-state index contributed by atoms with van der Waals surface area (Å²) in [6.45, 7) is 6.03. The molecule has 0 saturated carbocycles. The lowest BCUT2D eigenvalue weighted by atomic mass is 10.2. The molecular formula is C22H23ClN4O3S. The number of piperazine rings is 1. The molecule has 0 radical (unpaired) electrons. The molecule has 1 saturated heterocycles. The lowest BCUT2D eigenvalue weighted by Gasteiger charge is -2.33. The molecular weight excluding hydrogens is 436 g/mol. The number of pyridine rings is 1. The predicted octanol–water partition coefficient (Wildman–Crippen LogP) is 4.65. The first-order valence-electron chi connectivity index (χ1n) is 10.0. The highest BCUT2D eigenvalue weighted by molar-refractivity contribution is 7.09. The van der Waals surface area contributed by atoms with E-state index in [1.165, 1.54) is 11.1 Å². The van der Waals surface area contributed by atoms with Gasteiger partial charge in [0.2, 0.25) is 5.88 Å². The average molecular weight is 459 g/mol. The number of aromatic nitrogens is 2. The minimum atomic E-state index is -0.328. The summed E-state index contributed by atoms with van der Waals surface area (Å²) in [5.74, 6) is 1.52. The first kappa shape index (κ1) is 21.5. The molecule has 4 rings (SSSR count). The Hall–Kier alpha value is -2.68. The molecule has 0 atom stereocenters. The number of halogens is 1. The molecule has 2 aromatic heterocycles. The molecule has 3 heterocycles. The van der Waals surface area contributed by atoms with Crippen LogP contribution >= 0.6 is 22.9 Å². The van der Waals surface area contributed by atoms with E-state index in [-0.39, 0.29) is 6.09 Å². The molecule has 1 aliphatic rings. The number of benzene rings is 1. The van der Waals surface area contributed by atoms with Gasteiger partial charge < -0.3 is 14.4 Å². The molecule has 0 aliphatic carbocycles. The van der Waals surface area contributed by atoms with Crippen LogP contribution < -0.4 is 9.47 Å². The lowest BCUT2D eigenvalue weighted by Crippen LogP contribution is -2.49. The van der Waals surface area contributed by atoms with E-state index in [0.29, 0.717) is 35.5 Å². The number of amides is 1. The molecule has 31 heavy (non-hydrogen) atoms. The Morgan fingerprint density at radius 2 is 1.81 bits per heavy atom. The normalized spacial score (nSPS) is 14.5. The number of thiazole rings is 1. The van der Waals surface area contributed by atoms with Crippen molar-refractivity contribution in [3.63, 3.8) is 0 Å². The van der Waals surface area contributed by atoms with Crippen LogP contribution in [0.4, 0.5) is 4.79 Å². The van der Waals surface area contributed by atoms with Gasteiger partial charge in [-0.05, 0) is 43.7 Å². The Kier molecular flexibility index (Phi) is 7.01. The Labute approximate surface area is 190 Å². The van der Waals surface area contributed by atoms with Crippen molar-refractivity contribution in [3.05, 3.63) is 63.7 Å². The quantitative estimate of drug-likeness (QED) is 0.535. The van der Waals surface area contributed by atoms with Crippen LogP contribution in [0, 0.1) is 6.92 Å². The highest BCUT2D eigenvalue weighted by Gasteiger charge is 2.22. The van der Waals surface area contributed by atoms with Crippen LogP contribution in [-0.2, 0) is 6.42 Å². The smallest absolute Gasteiger partial charge is 0.415 e. The van der Waals surface area contributed by atoms with Gasteiger partial charge in [-0.3, -0.25) is 4.90 Å². The van der Waals surface area contributed by atoms with Crippen molar-refractivity contribution < 1.29 is 14.3 Å². The highest BCUT2D eigenvalue weighted by atomic mass is 35.5. The lowest BCUT2D eigenvalue weighted by molar-refractivity contribution is 0.111. The summed E-state index contributed by atoms with van der Waals surface area (Å²) in [7, 11) is 0. The van der Waals surface area contributed by atoms with Crippen molar-refractivity contribution in [1.82, 2.24) is 19.8 Å². The van der Waals surface area contributed by atoms with Crippen LogP contribution in [-0.4, -0.2) is 58.6 Å². The van der Waals surface area contributed by atoms with Gasteiger partial charge in [-0.2, -0.15) is 0 Å². The fourth-order valence-corrected chi connectivity index (χ4v) is 4.15. The summed E-state index contributed by atoms with van der Waals surface area (Å²) >= 11 is 7.53. The Bertz CT molecular complexity index is 1000. The number of hydrogen-bond donors (Lipinski definition) is 0. The van der Waals surface area contributed by atoms with E-state index in [4.69, 9.17) is 21.1 Å². The zero-order chi connectivity index (χ0) is 21.6. The van der Waals surface area contributed by atoms with Crippen molar-refractivity contribution in [2.24, 2.45) is 0 Å². The van der Waals surface area contributed by atoms with E-state index in [0.717, 1.165) is 31.7 Å². The first-order chi connectivity index (χ1) is 15.1. The van der Waals surface area contributed by atoms with Crippen molar-refractivity contribution in [2.75, 3.05) is 32.7 Å². The molecule has 0 N–H and O–H groups in total. The zero-order valence-corrected chi connectivity index (χ0v) is 18.7. The molecule has 3 aromatic rings. The number of rotatable bonds is 6. The largest absolute Gasteiger partial charge is 0.439 e. The van der Waals surface area contributed by atoms with Crippen LogP contribution in [0.25, 0.3) is 0 Å². The fourth-order valence-electron chi connectivity index (χ4n) is 3.26. The van der Waals surface area contributed by atoms with E-state index in [1.54, 1.807) is 52.6 Å². The summed E-state index contributed by atoms with van der Waals surface area (Å²) in [6, 6.07) is 10.3. The predicted molar refractivity (Wildman–Crippen MR) is 120 cm³/mol. The molecule has 1 aromatic carbocycles. The van der Waals surface area contributed by atoms with Crippen LogP contribution in [0.2, 0.25) is 5.02 Å². The standard InChI is InChI=1S/C22H23ClN4O3S/c1-16-20(31-15-25-16)8-9-26-10-12-27(13-11-26)22(28)30-19-5-3-18(4-6-19)29-21-7-2-17(23)14-24-21/h2-7,14-15H,8-13H2,1H3. The number of carbonyl (C=O) groups excluding carboxylic acids is 1. The third-order valence-corrected chi connectivity index (χ3v) is 6.30. The van der Waals surface area contributed by atoms with Gasteiger partial charge in [-0.25, -0.2) is 14.8 Å². The van der Waals surface area contributed by atoms with E-state index < -0.39 is 0 Å². The number of hydrogen-bond acceptors (Lipinski definition) is 7. The van der Waals surface area contributed by atoms with Crippen LogP contribution in [0.15, 0.2) is 48.1 Å². The number of aryl methyl sites for hydroxylation is 1. The molecule has 1 amide bonds. The third kappa shape index (κ3) is 5.94. The monoisotopic (exact) mass is 458 g/mol. The van der Waals surface area contributed by atoms with Gasteiger partial charge >= 0.3 is 6.09 Å². The van der Waals surface area contributed by atoms with E-state index >= 15 is 0 Å². The fraction of sp³-hybridized carbons (Fsp3) is 0.318. The second-order valence-corrected chi connectivity index (χ2v) is 8.57. The maximum Gasteiger partial charge on any atom is 0.415 e. The number of ether oxygens (including phenoxy) is 2. The third-order valence-electron chi connectivity index (χ3n) is 5.08. The van der Waals surface area contributed by atoms with Gasteiger partial charge in [0, 0.05) is 49.9 Å². The molecule has 0 bridgehead atoms. The highest BCUT2D eigenvalue weighted by Crippen LogP contribution is 2.23. The second-order valence-electron chi connectivity index (χ2n) is 7.20. The zero-order valence-electron chi connectivity index (χ0n) is 17.2. The van der Waals surface area contributed by atoms with Gasteiger partial charge in [0.1, 0.15) is 11.5 Å². The molecule has 7 nitrogen and oxygen atoms in total. The van der Waals surface area contributed by atoms with Crippen molar-refractivity contribution in [2.45, 2.75) is 13.3 Å². The van der Waals surface area contributed by atoms with Crippen molar-refractivity contribution in [3.8, 4) is 17.4 Å². The Balaban J connectivity index is 1.22. The van der Waals surface area contributed by atoms with Crippen LogP contribution in [0.1, 0.15) is 10.6 Å². The summed E-state index contributed by atoms with van der Waals surface area (Å²) in [4.78, 5) is 26.3. The maximum absolute atomic E-state index is 12.5. The van der Waals surface area contributed by atoms with Crippen LogP contribution in [0.3, 0.4) is 0 Å². The minimum Gasteiger partial charge on any atom is -0.439 e. The van der Waals surface area contributed by atoms with Gasteiger partial charge in [-0.1, -0.05) is 11.6 Å². The molecule has 0 spiro atoms. The van der Waals surface area contributed by atoms with Gasteiger partial charge in [0.05, 0.1) is 16.2 Å². The van der Waals surface area contributed by atoms with E-state index in [1.807, 2.05) is 12.4 Å². The Morgan fingerprint density at radius 1 is 1.06 bits per heavy atom. The summed E-state index contributed by atoms with van der Waals surface area (Å²) in [5.41, 5.74) is 3.01. The molecule has 1 aliphatic heterocycles. The SMILES string of the molecule is Cc1ncsc1CCN1CCN(C(=O)Oc2ccc(Oc3ccc(Cl)cn3)cc2)CC1. The topological polar surface area (TPSA) is 67.8 Å². The minimum absolute atomic E-state index is 0.328. The van der Waals surface area contributed by atoms with E-state index in [2.05, 4.69) is 14.9 Å². The average Bonchev–Trinajstić information content (AvgIpc) is 3.20. The second kappa shape index (κ2) is 10.1. The van der Waals surface area contributed by atoms with Crippen LogP contribution in [0.5, 0.6) is 17.4 Å². The first-order valence-corrected chi connectivity index (χ1v) is 11.3. The van der Waals surface area contributed by atoms with Gasteiger partial charge in [0.15, 0.2) is 0 Å². The molecule has 0 unspecified atom stereocenters. The Morgan fingerprint density at radius 3 is 2.45 bits per heavy atom. The van der Waals surface area contributed by atoms with Crippen molar-refractivity contribution in [1.29, 1.82) is 0 Å². The number of nitrogens with zero attached hydrogens (tertiary/aromatic N) is 4. The number of carbonyl (C=O) groups is 1. The molecule has 1 fully saturated rings. The van der Waals surface area contributed by atoms with Gasteiger partial charge in [0.25, 0.3) is 0 Å². The summed E-state index contributed by atoms with van der Waals surface area (Å²) in [6.07, 6.45) is 2.19. The van der Waals surface area contributed by atoms with Gasteiger partial charge in [-0.15, -0.1) is 11.3 Å². The molecule has 162 valence electrons.